The molecule has 0 bridgehead atoms. The van der Waals surface area contributed by atoms with Crippen LogP contribution in [0.1, 0.15) is 67.6 Å². The summed E-state index contributed by atoms with van der Waals surface area (Å²) in [5.74, 6) is -0.136. The molecule has 1 aliphatic rings. The van der Waals surface area contributed by atoms with Gasteiger partial charge in [-0.2, -0.15) is 0 Å². The maximum Gasteiger partial charge on any atom is 0.410 e. The van der Waals surface area contributed by atoms with Crippen LogP contribution in [-0.4, -0.2) is 50.1 Å². The molecule has 1 heterocycles. The lowest BCUT2D eigenvalue weighted by Gasteiger charge is -2.35. The van der Waals surface area contributed by atoms with Gasteiger partial charge in [0.1, 0.15) is 5.60 Å². The summed E-state index contributed by atoms with van der Waals surface area (Å²) in [5.41, 5.74) is 2.67. The van der Waals surface area contributed by atoms with Gasteiger partial charge in [0, 0.05) is 30.4 Å². The molecule has 2 amide bonds. The summed E-state index contributed by atoms with van der Waals surface area (Å²) in [6.07, 6.45) is 1.04. The van der Waals surface area contributed by atoms with Gasteiger partial charge in [-0.3, -0.25) is 4.79 Å². The minimum Gasteiger partial charge on any atom is -0.444 e. The van der Waals surface area contributed by atoms with Gasteiger partial charge in [0.15, 0.2) is 0 Å². The topological polar surface area (TPSA) is 105 Å². The quantitative estimate of drug-likeness (QED) is 0.537. The number of carbonyl (C=O) groups excluding carboxylic acids is 2. The Morgan fingerprint density at radius 2 is 1.62 bits per heavy atom. The number of likely N-dealkylation sites (tertiary alicyclic amines) is 1. The van der Waals surface area contributed by atoms with E-state index in [4.69, 9.17) is 4.74 Å². The fraction of sp³-hybridized carbons (Fsp3) is 0.500. The molecule has 1 unspecified atom stereocenters. The van der Waals surface area contributed by atoms with Crippen LogP contribution < -0.4 is 10.0 Å². The van der Waals surface area contributed by atoms with Crippen molar-refractivity contribution in [3.63, 3.8) is 0 Å². The summed E-state index contributed by atoms with van der Waals surface area (Å²) >= 11 is 0. The molecule has 0 spiro atoms. The number of anilines is 1. The van der Waals surface area contributed by atoms with Gasteiger partial charge in [-0.25, -0.2) is 17.9 Å². The Labute approximate surface area is 220 Å². The van der Waals surface area contributed by atoms with Crippen molar-refractivity contribution < 1.29 is 22.7 Å². The second kappa shape index (κ2) is 11.2. The van der Waals surface area contributed by atoms with Crippen LogP contribution in [0.2, 0.25) is 0 Å². The summed E-state index contributed by atoms with van der Waals surface area (Å²) in [5, 5.41) is 2.91. The van der Waals surface area contributed by atoms with Crippen LogP contribution in [-0.2, 0) is 14.8 Å². The molecule has 0 saturated carbocycles. The van der Waals surface area contributed by atoms with Crippen molar-refractivity contribution in [2.75, 3.05) is 18.4 Å². The van der Waals surface area contributed by atoms with Crippen molar-refractivity contribution in [2.45, 2.75) is 77.8 Å². The normalized spacial score (nSPS) is 15.8. The number of hydrogen-bond acceptors (Lipinski definition) is 5. The van der Waals surface area contributed by atoms with Crippen molar-refractivity contribution in [1.29, 1.82) is 0 Å². The van der Waals surface area contributed by atoms with Gasteiger partial charge < -0.3 is 15.0 Å². The zero-order valence-corrected chi connectivity index (χ0v) is 23.7. The van der Waals surface area contributed by atoms with Gasteiger partial charge in [0.25, 0.3) is 5.91 Å². The van der Waals surface area contributed by atoms with E-state index in [1.807, 2.05) is 52.8 Å². The van der Waals surface area contributed by atoms with E-state index in [0.717, 1.165) is 5.56 Å². The first-order chi connectivity index (χ1) is 17.2. The number of aryl methyl sites for hydroxylation is 3. The third-order valence-electron chi connectivity index (χ3n) is 6.69. The van der Waals surface area contributed by atoms with Gasteiger partial charge >= 0.3 is 6.09 Å². The molecule has 3 rings (SSSR count). The van der Waals surface area contributed by atoms with E-state index in [0.29, 0.717) is 48.3 Å². The Morgan fingerprint density at radius 3 is 2.22 bits per heavy atom. The zero-order valence-electron chi connectivity index (χ0n) is 22.8. The molecule has 2 aromatic rings. The van der Waals surface area contributed by atoms with E-state index >= 15 is 0 Å². The molecule has 8 nitrogen and oxygen atoms in total. The van der Waals surface area contributed by atoms with Gasteiger partial charge in [-0.05, 0) is 102 Å². The molecule has 1 aliphatic heterocycles. The predicted molar refractivity (Wildman–Crippen MR) is 145 cm³/mol. The minimum atomic E-state index is -3.79. The lowest BCUT2D eigenvalue weighted by molar-refractivity contribution is 0.0174. The van der Waals surface area contributed by atoms with Gasteiger partial charge in [0.2, 0.25) is 10.0 Å². The Balaban J connectivity index is 1.66. The molecule has 0 radical (unpaired) electrons. The number of rotatable bonds is 6. The summed E-state index contributed by atoms with van der Waals surface area (Å²) in [6, 6.07) is 10.3. The minimum absolute atomic E-state index is 0.0996. The van der Waals surface area contributed by atoms with E-state index < -0.39 is 15.6 Å². The largest absolute Gasteiger partial charge is 0.444 e. The zero-order chi connectivity index (χ0) is 27.5. The Morgan fingerprint density at radius 1 is 1.00 bits per heavy atom. The number of benzene rings is 2. The molecule has 1 saturated heterocycles. The molecular weight excluding hydrogens is 490 g/mol. The van der Waals surface area contributed by atoms with Crippen molar-refractivity contribution in [3.05, 3.63) is 58.7 Å². The third kappa shape index (κ3) is 7.32. The number of piperidine rings is 1. The SMILES string of the molecule is Cc1cc(S(=O)(=O)NC(C)C2CCN(C(=O)OC(C)(C)C)CC2)c(C)cc1NC(=O)c1ccccc1C. The number of nitrogens with one attached hydrogen (secondary N) is 2. The standard InChI is InChI=1S/C28H39N3O5S/c1-18-10-8-9-11-23(18)26(32)29-24-16-20(3)25(17-19(24)2)37(34,35)30-21(4)22-12-14-31(15-13-22)27(33)36-28(5,6)7/h8-11,16-17,21-22,30H,12-15H2,1-7H3,(H,29,32). The first-order valence-corrected chi connectivity index (χ1v) is 14.1. The maximum absolute atomic E-state index is 13.3. The van der Waals surface area contributed by atoms with Crippen LogP contribution in [0.15, 0.2) is 41.3 Å². The third-order valence-corrected chi connectivity index (χ3v) is 8.39. The molecule has 0 aliphatic carbocycles. The van der Waals surface area contributed by atoms with E-state index in [1.165, 1.54) is 0 Å². The first kappa shape index (κ1) is 28.7. The van der Waals surface area contributed by atoms with E-state index in [2.05, 4.69) is 10.0 Å². The highest BCUT2D eigenvalue weighted by Gasteiger charge is 2.31. The molecule has 2 N–H and O–H groups in total. The highest BCUT2D eigenvalue weighted by molar-refractivity contribution is 7.89. The number of nitrogens with zero attached hydrogens (tertiary/aromatic N) is 1. The lowest BCUT2D eigenvalue weighted by Crippen LogP contribution is -2.46. The molecular formula is C28H39N3O5S. The molecule has 0 aromatic heterocycles. The number of carbonyl (C=O) groups is 2. The lowest BCUT2D eigenvalue weighted by atomic mass is 9.91. The smallest absolute Gasteiger partial charge is 0.410 e. The number of sulfonamides is 1. The second-order valence-corrected chi connectivity index (χ2v) is 12.6. The first-order valence-electron chi connectivity index (χ1n) is 12.7. The average molecular weight is 530 g/mol. The second-order valence-electron chi connectivity index (χ2n) is 10.9. The monoisotopic (exact) mass is 529 g/mol. The van der Waals surface area contributed by atoms with Crippen LogP contribution in [0.25, 0.3) is 0 Å². The predicted octanol–water partition coefficient (Wildman–Crippen LogP) is 5.18. The molecule has 202 valence electrons. The van der Waals surface area contributed by atoms with Crippen LogP contribution in [0.5, 0.6) is 0 Å². The van der Waals surface area contributed by atoms with Gasteiger partial charge in [0.05, 0.1) is 4.90 Å². The van der Waals surface area contributed by atoms with Crippen molar-refractivity contribution in [2.24, 2.45) is 5.92 Å². The molecule has 1 fully saturated rings. The molecule has 1 atom stereocenters. The van der Waals surface area contributed by atoms with E-state index in [-0.39, 0.29) is 28.9 Å². The number of ether oxygens (including phenoxy) is 1. The van der Waals surface area contributed by atoms with E-state index in [9.17, 15) is 18.0 Å². The fourth-order valence-electron chi connectivity index (χ4n) is 4.54. The summed E-state index contributed by atoms with van der Waals surface area (Å²) in [4.78, 5) is 27.0. The van der Waals surface area contributed by atoms with Crippen molar-refractivity contribution in [1.82, 2.24) is 9.62 Å². The highest BCUT2D eigenvalue weighted by Crippen LogP contribution is 2.27. The van der Waals surface area contributed by atoms with Crippen molar-refractivity contribution in [3.8, 4) is 0 Å². The fourth-order valence-corrected chi connectivity index (χ4v) is 6.17. The average Bonchev–Trinajstić information content (AvgIpc) is 2.80. The molecule has 9 heteroatoms. The Bertz CT molecular complexity index is 1260. The van der Waals surface area contributed by atoms with Crippen LogP contribution in [0.3, 0.4) is 0 Å². The number of hydrogen-bond donors (Lipinski definition) is 2. The van der Waals surface area contributed by atoms with Crippen molar-refractivity contribution >= 4 is 27.7 Å². The summed E-state index contributed by atoms with van der Waals surface area (Å²) in [6.45, 7) is 13.8. The summed E-state index contributed by atoms with van der Waals surface area (Å²) < 4.78 is 34.9. The van der Waals surface area contributed by atoms with Crippen LogP contribution >= 0.6 is 0 Å². The number of amides is 2. The van der Waals surface area contributed by atoms with Gasteiger partial charge in [-0.15, -0.1) is 0 Å². The van der Waals surface area contributed by atoms with Crippen LogP contribution in [0.4, 0.5) is 10.5 Å². The highest BCUT2D eigenvalue weighted by atomic mass is 32.2. The van der Waals surface area contributed by atoms with Gasteiger partial charge in [-0.1, -0.05) is 18.2 Å². The summed E-state index contributed by atoms with van der Waals surface area (Å²) in [7, 11) is -3.79. The molecule has 2 aromatic carbocycles. The van der Waals surface area contributed by atoms with Crippen LogP contribution in [0, 0.1) is 26.7 Å². The van der Waals surface area contributed by atoms with E-state index in [1.54, 1.807) is 36.9 Å². The Kier molecular flexibility index (Phi) is 8.70. The maximum atomic E-state index is 13.3. The Hall–Kier alpha value is -2.91. The molecule has 37 heavy (non-hydrogen) atoms.